The van der Waals surface area contributed by atoms with Crippen LogP contribution in [0, 0.1) is 5.41 Å². The standard InChI is InChI=1S/C15H13ClN2S/c16-12(11-6-2-1-3-7-11)10-18-13-8-4-5-9-14(13)19-15(18)17/h1-9,12,17H,10H2. The third-order valence-corrected chi connectivity index (χ3v) is 4.48. The third-order valence-electron chi connectivity index (χ3n) is 3.11. The van der Waals surface area contributed by atoms with Crippen molar-refractivity contribution >= 4 is 33.2 Å². The fourth-order valence-electron chi connectivity index (χ4n) is 2.14. The van der Waals surface area contributed by atoms with Gasteiger partial charge in [-0.15, -0.1) is 11.6 Å². The maximum absolute atomic E-state index is 8.08. The van der Waals surface area contributed by atoms with E-state index in [0.29, 0.717) is 11.3 Å². The van der Waals surface area contributed by atoms with E-state index in [-0.39, 0.29) is 5.38 Å². The van der Waals surface area contributed by atoms with Gasteiger partial charge in [0.25, 0.3) is 0 Å². The highest BCUT2D eigenvalue weighted by molar-refractivity contribution is 7.16. The van der Waals surface area contributed by atoms with Gasteiger partial charge in [-0.05, 0) is 17.7 Å². The topological polar surface area (TPSA) is 28.8 Å². The fraction of sp³-hybridized carbons (Fsp3) is 0.133. The summed E-state index contributed by atoms with van der Waals surface area (Å²) in [6.45, 7) is 0.619. The normalized spacial score (nSPS) is 12.7. The predicted molar refractivity (Wildman–Crippen MR) is 80.7 cm³/mol. The maximum Gasteiger partial charge on any atom is 0.182 e. The van der Waals surface area contributed by atoms with Crippen LogP contribution in [-0.4, -0.2) is 4.57 Å². The summed E-state index contributed by atoms with van der Waals surface area (Å²) in [5, 5.41) is 7.96. The molecule has 1 atom stereocenters. The number of hydrogen-bond donors (Lipinski definition) is 1. The zero-order chi connectivity index (χ0) is 13.2. The van der Waals surface area contributed by atoms with Crippen LogP contribution in [0.2, 0.25) is 0 Å². The zero-order valence-corrected chi connectivity index (χ0v) is 11.8. The minimum absolute atomic E-state index is 0.117. The molecule has 0 saturated carbocycles. The van der Waals surface area contributed by atoms with E-state index in [4.69, 9.17) is 17.0 Å². The molecule has 0 aliphatic carbocycles. The number of alkyl halides is 1. The Balaban J connectivity index is 1.98. The smallest absolute Gasteiger partial charge is 0.182 e. The number of thiazole rings is 1. The molecule has 0 aliphatic rings. The van der Waals surface area contributed by atoms with Crippen LogP contribution in [0.1, 0.15) is 10.9 Å². The van der Waals surface area contributed by atoms with Crippen molar-refractivity contribution in [2.75, 3.05) is 0 Å². The molecule has 0 spiro atoms. The van der Waals surface area contributed by atoms with E-state index in [1.165, 1.54) is 11.3 Å². The Morgan fingerprint density at radius 1 is 1.05 bits per heavy atom. The predicted octanol–water partition coefficient (Wildman–Crippen LogP) is 4.16. The molecule has 1 unspecified atom stereocenters. The van der Waals surface area contributed by atoms with Gasteiger partial charge in [0.1, 0.15) is 0 Å². The zero-order valence-electron chi connectivity index (χ0n) is 10.2. The van der Waals surface area contributed by atoms with E-state index in [1.54, 1.807) is 0 Å². The molecule has 0 fully saturated rings. The fourth-order valence-corrected chi connectivity index (χ4v) is 3.35. The molecule has 0 amide bonds. The Morgan fingerprint density at radius 3 is 2.53 bits per heavy atom. The molecule has 4 heteroatoms. The van der Waals surface area contributed by atoms with Crippen LogP contribution in [0.3, 0.4) is 0 Å². The number of benzene rings is 2. The van der Waals surface area contributed by atoms with Gasteiger partial charge in [-0.1, -0.05) is 53.8 Å². The summed E-state index contributed by atoms with van der Waals surface area (Å²) >= 11 is 7.96. The first-order valence-corrected chi connectivity index (χ1v) is 7.33. The molecule has 0 bridgehead atoms. The Kier molecular flexibility index (Phi) is 3.40. The van der Waals surface area contributed by atoms with Crippen LogP contribution in [0.25, 0.3) is 10.2 Å². The first kappa shape index (κ1) is 12.5. The minimum Gasteiger partial charge on any atom is -0.315 e. The molecule has 1 aromatic heterocycles. The van der Waals surface area contributed by atoms with Gasteiger partial charge in [-0.2, -0.15) is 0 Å². The maximum atomic E-state index is 8.08. The van der Waals surface area contributed by atoms with Crippen molar-refractivity contribution < 1.29 is 0 Å². The second kappa shape index (κ2) is 5.19. The molecule has 3 aromatic rings. The van der Waals surface area contributed by atoms with E-state index in [2.05, 4.69) is 0 Å². The molecule has 1 heterocycles. The van der Waals surface area contributed by atoms with Crippen molar-refractivity contribution in [3.63, 3.8) is 0 Å². The molecule has 1 N–H and O–H groups in total. The molecular formula is C15H13ClN2S. The Hall–Kier alpha value is -1.58. The Bertz CT molecular complexity index is 745. The minimum atomic E-state index is -0.117. The SMILES string of the molecule is N=c1sc2ccccc2n1CC(Cl)c1ccccc1. The van der Waals surface area contributed by atoms with Gasteiger partial charge in [0.2, 0.25) is 0 Å². The molecule has 19 heavy (non-hydrogen) atoms. The number of fused-ring (bicyclic) bond motifs is 1. The van der Waals surface area contributed by atoms with Gasteiger partial charge >= 0.3 is 0 Å². The quantitative estimate of drug-likeness (QED) is 0.701. The van der Waals surface area contributed by atoms with Crippen molar-refractivity contribution in [3.8, 4) is 0 Å². The Morgan fingerprint density at radius 2 is 1.74 bits per heavy atom. The Labute approximate surface area is 120 Å². The van der Waals surface area contributed by atoms with Crippen LogP contribution >= 0.6 is 22.9 Å². The average molecular weight is 289 g/mol. The van der Waals surface area contributed by atoms with E-state index >= 15 is 0 Å². The molecule has 0 radical (unpaired) electrons. The van der Waals surface area contributed by atoms with Gasteiger partial charge < -0.3 is 4.57 Å². The largest absolute Gasteiger partial charge is 0.315 e. The molecular weight excluding hydrogens is 276 g/mol. The van der Waals surface area contributed by atoms with Gasteiger partial charge in [-0.25, -0.2) is 0 Å². The van der Waals surface area contributed by atoms with Crippen molar-refractivity contribution in [1.82, 2.24) is 4.57 Å². The molecule has 2 aromatic carbocycles. The molecule has 3 rings (SSSR count). The average Bonchev–Trinajstić information content (AvgIpc) is 2.76. The van der Waals surface area contributed by atoms with E-state index in [0.717, 1.165) is 15.8 Å². The van der Waals surface area contributed by atoms with Crippen LogP contribution in [-0.2, 0) is 6.54 Å². The first-order valence-electron chi connectivity index (χ1n) is 6.07. The van der Waals surface area contributed by atoms with Crippen LogP contribution in [0.15, 0.2) is 54.6 Å². The highest BCUT2D eigenvalue weighted by atomic mass is 35.5. The van der Waals surface area contributed by atoms with Gasteiger partial charge in [0, 0.05) is 6.54 Å². The summed E-state index contributed by atoms with van der Waals surface area (Å²) in [6.07, 6.45) is 0. The third kappa shape index (κ3) is 2.44. The van der Waals surface area contributed by atoms with E-state index in [1.807, 2.05) is 59.2 Å². The highest BCUT2D eigenvalue weighted by Gasteiger charge is 2.11. The number of halogens is 1. The lowest BCUT2D eigenvalue weighted by atomic mass is 10.1. The summed E-state index contributed by atoms with van der Waals surface area (Å²) in [6, 6.07) is 18.1. The number of nitrogens with zero attached hydrogens (tertiary/aromatic N) is 1. The summed E-state index contributed by atoms with van der Waals surface area (Å²) < 4.78 is 3.11. The number of rotatable bonds is 3. The molecule has 0 aliphatic heterocycles. The highest BCUT2D eigenvalue weighted by Crippen LogP contribution is 2.24. The van der Waals surface area contributed by atoms with Crippen LogP contribution in [0.4, 0.5) is 0 Å². The number of aromatic nitrogens is 1. The molecule has 2 nitrogen and oxygen atoms in total. The van der Waals surface area contributed by atoms with Crippen LogP contribution < -0.4 is 4.80 Å². The lowest BCUT2D eigenvalue weighted by Gasteiger charge is -2.11. The first-order chi connectivity index (χ1) is 9.25. The number of para-hydroxylation sites is 1. The van der Waals surface area contributed by atoms with Crippen LogP contribution in [0.5, 0.6) is 0 Å². The van der Waals surface area contributed by atoms with Crippen molar-refractivity contribution in [2.45, 2.75) is 11.9 Å². The lowest BCUT2D eigenvalue weighted by molar-refractivity contribution is 0.675. The van der Waals surface area contributed by atoms with Gasteiger partial charge in [-0.3, -0.25) is 5.41 Å². The summed E-state index contributed by atoms with van der Waals surface area (Å²) in [5.41, 5.74) is 2.17. The second-order valence-corrected chi connectivity index (χ2v) is 5.92. The van der Waals surface area contributed by atoms with Gasteiger partial charge in [0.15, 0.2) is 4.80 Å². The van der Waals surface area contributed by atoms with Gasteiger partial charge in [0.05, 0.1) is 15.6 Å². The monoisotopic (exact) mass is 288 g/mol. The summed E-state index contributed by atoms with van der Waals surface area (Å²) in [5.74, 6) is 0. The number of nitrogens with one attached hydrogen (secondary N) is 1. The van der Waals surface area contributed by atoms with Crippen molar-refractivity contribution in [1.29, 1.82) is 5.41 Å². The van der Waals surface area contributed by atoms with E-state index < -0.39 is 0 Å². The van der Waals surface area contributed by atoms with Crippen molar-refractivity contribution in [3.05, 3.63) is 65.0 Å². The lowest BCUT2D eigenvalue weighted by Crippen LogP contribution is -2.16. The summed E-state index contributed by atoms with van der Waals surface area (Å²) in [4.78, 5) is 0.544. The molecule has 96 valence electrons. The van der Waals surface area contributed by atoms with Crippen molar-refractivity contribution in [2.24, 2.45) is 0 Å². The number of hydrogen-bond acceptors (Lipinski definition) is 2. The second-order valence-electron chi connectivity index (χ2n) is 4.36. The summed E-state index contributed by atoms with van der Waals surface area (Å²) in [7, 11) is 0. The van der Waals surface area contributed by atoms with E-state index in [9.17, 15) is 0 Å². The molecule has 0 saturated heterocycles.